The number of fused-ring (bicyclic) bond motifs is 1. The first-order valence-electron chi connectivity index (χ1n) is 6.44. The quantitative estimate of drug-likeness (QED) is 0.769. The summed E-state index contributed by atoms with van der Waals surface area (Å²) in [5.41, 5.74) is 2.36. The average molecular weight is 268 g/mol. The lowest BCUT2D eigenvalue weighted by Gasteiger charge is -2.13. The Morgan fingerprint density at radius 1 is 1.16 bits per heavy atom. The van der Waals surface area contributed by atoms with Crippen LogP contribution in [0, 0.1) is 0 Å². The Labute approximate surface area is 117 Å². The Balaban J connectivity index is 1.79. The first kappa shape index (κ1) is 12.3. The number of rotatable bonds is 4. The van der Waals surface area contributed by atoms with Gasteiger partial charge >= 0.3 is 0 Å². The average Bonchev–Trinajstić information content (AvgIpc) is 2.99. The van der Waals surface area contributed by atoms with Crippen molar-refractivity contribution in [2.45, 2.75) is 19.5 Å². The zero-order valence-corrected chi connectivity index (χ0v) is 11.7. The smallest absolute Gasteiger partial charge is 0.0705 e. The molecule has 0 saturated heterocycles. The Morgan fingerprint density at radius 2 is 2.05 bits per heavy atom. The summed E-state index contributed by atoms with van der Waals surface area (Å²) in [6.45, 7) is 3.07. The number of thiophene rings is 1. The summed E-state index contributed by atoms with van der Waals surface area (Å²) >= 11 is 1.79. The molecule has 0 radical (unpaired) electrons. The van der Waals surface area contributed by atoms with Gasteiger partial charge in [-0.3, -0.25) is 4.98 Å². The number of nitrogens with zero attached hydrogens (tertiary/aromatic N) is 1. The van der Waals surface area contributed by atoms with E-state index in [9.17, 15) is 0 Å². The van der Waals surface area contributed by atoms with Gasteiger partial charge in [0.1, 0.15) is 0 Å². The van der Waals surface area contributed by atoms with Gasteiger partial charge in [0.25, 0.3) is 0 Å². The van der Waals surface area contributed by atoms with Gasteiger partial charge in [-0.2, -0.15) is 0 Å². The third-order valence-electron chi connectivity index (χ3n) is 3.31. The molecular weight excluding hydrogens is 252 g/mol. The standard InChI is InChI=1S/C16H16N2S/c1-12(16-7-4-10-19-16)18-11-13-8-9-17-15-6-3-2-5-14(13)15/h2-10,12,18H,11H2,1H3/t12-/m0/s1. The third kappa shape index (κ3) is 2.67. The molecule has 19 heavy (non-hydrogen) atoms. The molecule has 96 valence electrons. The van der Waals surface area contributed by atoms with Gasteiger partial charge in [-0.05, 0) is 36.1 Å². The van der Waals surface area contributed by atoms with Crippen LogP contribution in [0.15, 0.2) is 54.0 Å². The third-order valence-corrected chi connectivity index (χ3v) is 4.36. The van der Waals surface area contributed by atoms with Crippen molar-refractivity contribution < 1.29 is 0 Å². The van der Waals surface area contributed by atoms with Gasteiger partial charge in [0, 0.05) is 29.0 Å². The largest absolute Gasteiger partial charge is 0.305 e. The van der Waals surface area contributed by atoms with Crippen LogP contribution in [-0.4, -0.2) is 4.98 Å². The van der Waals surface area contributed by atoms with Gasteiger partial charge in [-0.1, -0.05) is 24.3 Å². The molecule has 0 amide bonds. The second-order valence-corrected chi connectivity index (χ2v) is 5.58. The predicted octanol–water partition coefficient (Wildman–Crippen LogP) is 4.15. The van der Waals surface area contributed by atoms with Crippen LogP contribution < -0.4 is 5.32 Å². The highest BCUT2D eigenvalue weighted by molar-refractivity contribution is 7.10. The van der Waals surface area contributed by atoms with Crippen LogP contribution in [0.1, 0.15) is 23.4 Å². The van der Waals surface area contributed by atoms with E-state index in [1.807, 2.05) is 12.3 Å². The van der Waals surface area contributed by atoms with Gasteiger partial charge in [-0.15, -0.1) is 11.3 Å². The van der Waals surface area contributed by atoms with E-state index < -0.39 is 0 Å². The molecule has 2 nitrogen and oxygen atoms in total. The van der Waals surface area contributed by atoms with Crippen molar-refractivity contribution in [2.75, 3.05) is 0 Å². The molecule has 0 spiro atoms. The fraction of sp³-hybridized carbons (Fsp3) is 0.188. The van der Waals surface area contributed by atoms with Gasteiger partial charge in [0.05, 0.1) is 5.52 Å². The number of para-hydroxylation sites is 1. The van der Waals surface area contributed by atoms with E-state index in [2.05, 4.69) is 59.0 Å². The van der Waals surface area contributed by atoms with Crippen molar-refractivity contribution in [2.24, 2.45) is 0 Å². The molecule has 0 bridgehead atoms. The normalized spacial score (nSPS) is 12.7. The predicted molar refractivity (Wildman–Crippen MR) is 81.3 cm³/mol. The molecule has 0 fully saturated rings. The molecule has 2 heterocycles. The van der Waals surface area contributed by atoms with Crippen LogP contribution in [0.2, 0.25) is 0 Å². The van der Waals surface area contributed by atoms with Crippen molar-refractivity contribution in [1.29, 1.82) is 0 Å². The summed E-state index contributed by atoms with van der Waals surface area (Å²) in [5.74, 6) is 0. The Bertz CT molecular complexity index is 656. The number of hydrogen-bond donors (Lipinski definition) is 1. The summed E-state index contributed by atoms with van der Waals surface area (Å²) in [4.78, 5) is 5.77. The van der Waals surface area contributed by atoms with Gasteiger partial charge in [-0.25, -0.2) is 0 Å². The number of benzene rings is 1. The van der Waals surface area contributed by atoms with E-state index in [0.717, 1.165) is 12.1 Å². The van der Waals surface area contributed by atoms with E-state index in [1.165, 1.54) is 15.8 Å². The minimum absolute atomic E-state index is 0.381. The molecule has 3 heteroatoms. The van der Waals surface area contributed by atoms with Crippen LogP contribution in [0.4, 0.5) is 0 Å². The molecule has 1 atom stereocenters. The van der Waals surface area contributed by atoms with Crippen LogP contribution in [-0.2, 0) is 6.54 Å². The minimum Gasteiger partial charge on any atom is -0.305 e. The number of pyridine rings is 1. The van der Waals surface area contributed by atoms with E-state index in [4.69, 9.17) is 0 Å². The first-order valence-corrected chi connectivity index (χ1v) is 7.32. The summed E-state index contributed by atoms with van der Waals surface area (Å²) in [6.07, 6.45) is 1.88. The lowest BCUT2D eigenvalue weighted by molar-refractivity contribution is 0.584. The topological polar surface area (TPSA) is 24.9 Å². The van der Waals surface area contributed by atoms with E-state index in [0.29, 0.717) is 6.04 Å². The number of hydrogen-bond acceptors (Lipinski definition) is 3. The molecule has 0 unspecified atom stereocenters. The van der Waals surface area contributed by atoms with Gasteiger partial charge < -0.3 is 5.32 Å². The van der Waals surface area contributed by atoms with E-state index in [1.54, 1.807) is 11.3 Å². The summed E-state index contributed by atoms with van der Waals surface area (Å²) in [5, 5.41) is 6.93. The fourth-order valence-corrected chi connectivity index (χ4v) is 2.97. The highest BCUT2D eigenvalue weighted by Gasteiger charge is 2.07. The van der Waals surface area contributed by atoms with Crippen LogP contribution in [0.25, 0.3) is 10.9 Å². The minimum atomic E-state index is 0.381. The second kappa shape index (κ2) is 5.51. The van der Waals surface area contributed by atoms with Crippen molar-refractivity contribution in [3.05, 3.63) is 64.5 Å². The van der Waals surface area contributed by atoms with Gasteiger partial charge in [0.15, 0.2) is 0 Å². The lowest BCUT2D eigenvalue weighted by Crippen LogP contribution is -2.17. The van der Waals surface area contributed by atoms with Crippen molar-refractivity contribution >= 4 is 22.2 Å². The molecule has 3 aromatic rings. The van der Waals surface area contributed by atoms with Crippen molar-refractivity contribution in [1.82, 2.24) is 10.3 Å². The molecule has 1 N–H and O–H groups in total. The Morgan fingerprint density at radius 3 is 2.89 bits per heavy atom. The molecule has 3 rings (SSSR count). The molecule has 0 aliphatic heterocycles. The maximum atomic E-state index is 4.39. The van der Waals surface area contributed by atoms with Crippen molar-refractivity contribution in [3.8, 4) is 0 Å². The van der Waals surface area contributed by atoms with Crippen LogP contribution >= 0.6 is 11.3 Å². The number of nitrogens with one attached hydrogen (secondary N) is 1. The summed E-state index contributed by atoms with van der Waals surface area (Å²) in [6, 6.07) is 15.0. The maximum Gasteiger partial charge on any atom is 0.0705 e. The number of aromatic nitrogens is 1. The van der Waals surface area contributed by atoms with Crippen molar-refractivity contribution in [3.63, 3.8) is 0 Å². The Hall–Kier alpha value is -1.71. The van der Waals surface area contributed by atoms with E-state index in [-0.39, 0.29) is 0 Å². The monoisotopic (exact) mass is 268 g/mol. The molecule has 1 aromatic carbocycles. The highest BCUT2D eigenvalue weighted by Crippen LogP contribution is 2.20. The maximum absolute atomic E-state index is 4.39. The first-order chi connectivity index (χ1) is 9.34. The second-order valence-electron chi connectivity index (χ2n) is 4.61. The fourth-order valence-electron chi connectivity index (χ4n) is 2.21. The van der Waals surface area contributed by atoms with Crippen LogP contribution in [0.3, 0.4) is 0 Å². The molecular formula is C16H16N2S. The van der Waals surface area contributed by atoms with E-state index >= 15 is 0 Å². The zero-order chi connectivity index (χ0) is 13.1. The van der Waals surface area contributed by atoms with Gasteiger partial charge in [0.2, 0.25) is 0 Å². The molecule has 0 saturated carbocycles. The molecule has 2 aromatic heterocycles. The SMILES string of the molecule is C[C@H](NCc1ccnc2ccccc12)c1cccs1. The highest BCUT2D eigenvalue weighted by atomic mass is 32.1. The summed E-state index contributed by atoms with van der Waals surface area (Å²) < 4.78 is 0. The lowest BCUT2D eigenvalue weighted by atomic mass is 10.1. The summed E-state index contributed by atoms with van der Waals surface area (Å²) in [7, 11) is 0. The molecule has 0 aliphatic carbocycles. The van der Waals surface area contributed by atoms with Crippen LogP contribution in [0.5, 0.6) is 0 Å². The zero-order valence-electron chi connectivity index (χ0n) is 10.8. The molecule has 0 aliphatic rings. The Kier molecular flexibility index (Phi) is 3.58.